The molecule has 1 aromatic heterocycles. The predicted molar refractivity (Wildman–Crippen MR) is 73.4 cm³/mol. The molecule has 0 spiro atoms. The van der Waals surface area contributed by atoms with Gasteiger partial charge < -0.3 is 4.42 Å². The van der Waals surface area contributed by atoms with Crippen LogP contribution in [0.25, 0.3) is 11.1 Å². The van der Waals surface area contributed by atoms with Crippen LogP contribution < -0.4 is 4.57 Å². The van der Waals surface area contributed by atoms with Crippen molar-refractivity contribution >= 4 is 40.3 Å². The molecule has 1 aromatic carbocycles. The SMILES string of the molecule is N=C1C2C=CC=CC2=Nc2oc3cc(Cl)ccc3[n+]21. The molecule has 5 heteroatoms. The van der Waals surface area contributed by atoms with Crippen LogP contribution in [0.3, 0.4) is 0 Å². The highest BCUT2D eigenvalue weighted by atomic mass is 35.5. The second kappa shape index (κ2) is 3.65. The molecule has 1 aliphatic heterocycles. The number of aliphatic imine (C=N–C) groups is 1. The first-order valence-corrected chi connectivity index (χ1v) is 6.28. The summed E-state index contributed by atoms with van der Waals surface area (Å²) in [6, 6.07) is 5.80. The first-order valence-electron chi connectivity index (χ1n) is 5.90. The maximum atomic E-state index is 8.35. The Morgan fingerprint density at radius 3 is 3.11 bits per heavy atom. The molecule has 1 aliphatic carbocycles. The lowest BCUT2D eigenvalue weighted by Crippen LogP contribution is -2.50. The molecule has 0 fully saturated rings. The lowest BCUT2D eigenvalue weighted by Gasteiger charge is -2.14. The zero-order valence-corrected chi connectivity index (χ0v) is 10.6. The maximum Gasteiger partial charge on any atom is 0.445 e. The van der Waals surface area contributed by atoms with E-state index >= 15 is 0 Å². The number of hydrogen-bond donors (Lipinski definition) is 1. The van der Waals surface area contributed by atoms with Crippen molar-refractivity contribution in [1.29, 1.82) is 5.41 Å². The van der Waals surface area contributed by atoms with E-state index < -0.39 is 0 Å². The van der Waals surface area contributed by atoms with Crippen molar-refractivity contribution < 1.29 is 8.98 Å². The number of hydrogen-bond acceptors (Lipinski definition) is 3. The van der Waals surface area contributed by atoms with Crippen molar-refractivity contribution in [2.45, 2.75) is 0 Å². The van der Waals surface area contributed by atoms with Gasteiger partial charge in [0, 0.05) is 11.1 Å². The van der Waals surface area contributed by atoms with E-state index in [0.717, 1.165) is 11.2 Å². The van der Waals surface area contributed by atoms with Crippen LogP contribution in [0.4, 0.5) is 6.01 Å². The number of rotatable bonds is 0. The summed E-state index contributed by atoms with van der Waals surface area (Å²) in [5, 5.41) is 8.96. The van der Waals surface area contributed by atoms with Crippen LogP contribution in [0.15, 0.2) is 51.9 Å². The van der Waals surface area contributed by atoms with E-state index in [9.17, 15) is 0 Å². The van der Waals surface area contributed by atoms with Gasteiger partial charge in [0.05, 0.1) is 0 Å². The third-order valence-corrected chi connectivity index (χ3v) is 3.55. The molecular weight excluding hydrogens is 262 g/mol. The standard InChI is InChI=1S/C14H9ClN3O/c15-8-5-6-11-12(7-8)19-14-17-10-4-2-1-3-9(10)13(16)18(11)14/h1-7,9,16H/q+1. The highest BCUT2D eigenvalue weighted by Gasteiger charge is 2.37. The highest BCUT2D eigenvalue weighted by molar-refractivity contribution is 6.31. The molecule has 0 saturated carbocycles. The highest BCUT2D eigenvalue weighted by Crippen LogP contribution is 2.27. The average molecular weight is 271 g/mol. The molecule has 0 amide bonds. The third kappa shape index (κ3) is 1.43. The van der Waals surface area contributed by atoms with Crippen molar-refractivity contribution in [1.82, 2.24) is 0 Å². The lowest BCUT2D eigenvalue weighted by atomic mass is 9.96. The topological polar surface area (TPSA) is 53.2 Å². The summed E-state index contributed by atoms with van der Waals surface area (Å²) in [5.41, 5.74) is 2.29. The fourth-order valence-corrected chi connectivity index (χ4v) is 2.59. The van der Waals surface area contributed by atoms with Gasteiger partial charge in [-0.3, -0.25) is 0 Å². The van der Waals surface area contributed by atoms with Crippen LogP contribution in [0.2, 0.25) is 5.02 Å². The second-order valence-electron chi connectivity index (χ2n) is 4.48. The van der Waals surface area contributed by atoms with E-state index in [1.54, 1.807) is 16.7 Å². The normalized spacial score (nSPS) is 20.4. The van der Waals surface area contributed by atoms with Crippen molar-refractivity contribution in [2.24, 2.45) is 10.9 Å². The summed E-state index contributed by atoms with van der Waals surface area (Å²) in [6.45, 7) is 0. The summed E-state index contributed by atoms with van der Waals surface area (Å²) in [5.74, 6) is 0.334. The molecule has 4 nitrogen and oxygen atoms in total. The van der Waals surface area contributed by atoms with E-state index in [0.29, 0.717) is 22.5 Å². The molecular formula is C14H9ClN3O+. The summed E-state index contributed by atoms with van der Waals surface area (Å²) in [6.07, 6.45) is 7.72. The number of allylic oxidation sites excluding steroid dienone is 4. The molecule has 0 bridgehead atoms. The van der Waals surface area contributed by atoms with Gasteiger partial charge in [-0.2, -0.15) is 9.98 Å². The molecule has 4 rings (SSSR count). The Labute approximate surface area is 113 Å². The molecule has 0 saturated heterocycles. The summed E-state index contributed by atoms with van der Waals surface area (Å²) >= 11 is 5.96. The number of benzene rings is 1. The Hall–Kier alpha value is -2.20. The number of aromatic nitrogens is 1. The van der Waals surface area contributed by atoms with Crippen LogP contribution in [-0.2, 0) is 0 Å². The Kier molecular flexibility index (Phi) is 2.05. The molecule has 1 atom stereocenters. The van der Waals surface area contributed by atoms with Gasteiger partial charge in [-0.1, -0.05) is 34.8 Å². The smallest absolute Gasteiger partial charge is 0.397 e. The molecule has 19 heavy (non-hydrogen) atoms. The average Bonchev–Trinajstić information content (AvgIpc) is 2.76. The van der Waals surface area contributed by atoms with E-state index in [4.69, 9.17) is 21.4 Å². The number of nitrogens with zero attached hydrogens (tertiary/aromatic N) is 2. The largest absolute Gasteiger partial charge is 0.445 e. The molecule has 2 aliphatic rings. The van der Waals surface area contributed by atoms with Gasteiger partial charge in [0.1, 0.15) is 11.6 Å². The molecule has 2 aromatic rings. The quantitative estimate of drug-likeness (QED) is 0.735. The first-order chi connectivity index (χ1) is 9.24. The summed E-state index contributed by atoms with van der Waals surface area (Å²) < 4.78 is 7.41. The van der Waals surface area contributed by atoms with Crippen LogP contribution in [0, 0.1) is 11.3 Å². The maximum absolute atomic E-state index is 8.35. The Balaban J connectivity index is 2.04. The zero-order chi connectivity index (χ0) is 13.0. The summed E-state index contributed by atoms with van der Waals surface area (Å²) in [4.78, 5) is 4.48. The zero-order valence-electron chi connectivity index (χ0n) is 9.80. The van der Waals surface area contributed by atoms with Crippen molar-refractivity contribution in [3.63, 3.8) is 0 Å². The molecule has 1 unspecified atom stereocenters. The fourth-order valence-electron chi connectivity index (χ4n) is 2.43. The van der Waals surface area contributed by atoms with Crippen LogP contribution in [0.1, 0.15) is 0 Å². The van der Waals surface area contributed by atoms with E-state index in [1.165, 1.54) is 0 Å². The Morgan fingerprint density at radius 1 is 1.32 bits per heavy atom. The predicted octanol–water partition coefficient (Wildman–Crippen LogP) is 3.03. The van der Waals surface area contributed by atoms with Gasteiger partial charge in [0.2, 0.25) is 0 Å². The lowest BCUT2D eigenvalue weighted by molar-refractivity contribution is -0.522. The van der Waals surface area contributed by atoms with Crippen LogP contribution in [-0.4, -0.2) is 11.5 Å². The van der Waals surface area contributed by atoms with E-state index in [1.807, 2.05) is 30.4 Å². The second-order valence-corrected chi connectivity index (χ2v) is 4.91. The molecule has 0 radical (unpaired) electrons. The Bertz CT molecular complexity index is 813. The summed E-state index contributed by atoms with van der Waals surface area (Å²) in [7, 11) is 0. The first kappa shape index (κ1) is 10.7. The molecule has 1 N–H and O–H groups in total. The van der Waals surface area contributed by atoms with Crippen molar-refractivity contribution in [3.05, 3.63) is 47.5 Å². The van der Waals surface area contributed by atoms with E-state index in [2.05, 4.69) is 4.99 Å². The van der Waals surface area contributed by atoms with Crippen molar-refractivity contribution in [2.75, 3.05) is 0 Å². The van der Waals surface area contributed by atoms with Gasteiger partial charge >= 0.3 is 6.01 Å². The fraction of sp³-hybridized carbons (Fsp3) is 0.0714. The monoisotopic (exact) mass is 270 g/mol. The third-order valence-electron chi connectivity index (χ3n) is 3.32. The van der Waals surface area contributed by atoms with Crippen LogP contribution in [0.5, 0.6) is 0 Å². The van der Waals surface area contributed by atoms with Gasteiger partial charge in [0.15, 0.2) is 11.1 Å². The van der Waals surface area contributed by atoms with E-state index in [-0.39, 0.29) is 5.92 Å². The molecule has 92 valence electrons. The minimum atomic E-state index is -0.112. The minimum absolute atomic E-state index is 0.112. The molecule has 2 heterocycles. The minimum Gasteiger partial charge on any atom is -0.397 e. The number of oxazole rings is 1. The Morgan fingerprint density at radius 2 is 2.21 bits per heavy atom. The number of halogens is 1. The van der Waals surface area contributed by atoms with Gasteiger partial charge in [-0.25, -0.2) is 0 Å². The van der Waals surface area contributed by atoms with Crippen molar-refractivity contribution in [3.8, 4) is 0 Å². The van der Waals surface area contributed by atoms with Gasteiger partial charge in [-0.15, -0.1) is 0 Å². The van der Waals surface area contributed by atoms with Gasteiger partial charge in [0.25, 0.3) is 5.84 Å². The number of nitrogens with one attached hydrogen (secondary N) is 1. The van der Waals surface area contributed by atoms with Crippen LogP contribution >= 0.6 is 11.6 Å². The number of fused-ring (bicyclic) bond motifs is 4. The van der Waals surface area contributed by atoms with Gasteiger partial charge in [-0.05, 0) is 18.2 Å².